The lowest BCUT2D eigenvalue weighted by molar-refractivity contribution is 0.596. The highest BCUT2D eigenvalue weighted by Gasteiger charge is 2.17. The van der Waals surface area contributed by atoms with Crippen molar-refractivity contribution in [3.05, 3.63) is 54.9 Å². The van der Waals surface area contributed by atoms with Gasteiger partial charge >= 0.3 is 0 Å². The fourth-order valence-corrected chi connectivity index (χ4v) is 3.78. The van der Waals surface area contributed by atoms with Crippen molar-refractivity contribution >= 4 is 38.9 Å². The largest absolute Gasteiger partial charge is 0.312 e. The molecule has 1 aromatic heterocycles. The average molecular weight is 363 g/mol. The van der Waals surface area contributed by atoms with Crippen molar-refractivity contribution in [2.45, 2.75) is 19.4 Å². The van der Waals surface area contributed by atoms with Crippen molar-refractivity contribution in [3.8, 4) is 0 Å². The van der Waals surface area contributed by atoms with Crippen LogP contribution in [0.4, 0.5) is 4.39 Å². The van der Waals surface area contributed by atoms with Gasteiger partial charge in [-0.05, 0) is 65.0 Å². The maximum Gasteiger partial charge on any atom is 0.137 e. The number of aryl methyl sites for hydroxylation is 1. The first-order chi connectivity index (χ1) is 9.02. The van der Waals surface area contributed by atoms with Crippen LogP contribution in [0.5, 0.6) is 0 Å². The third-order valence-electron chi connectivity index (χ3n) is 3.01. The van der Waals surface area contributed by atoms with E-state index in [2.05, 4.69) is 26.6 Å². The highest BCUT2D eigenvalue weighted by molar-refractivity contribution is 9.10. The highest BCUT2D eigenvalue weighted by Crippen LogP contribution is 2.34. The Labute approximate surface area is 129 Å². The van der Waals surface area contributed by atoms with E-state index in [4.69, 9.17) is 11.6 Å². The lowest BCUT2D eigenvalue weighted by Gasteiger charge is -2.16. The smallest absolute Gasteiger partial charge is 0.137 e. The van der Waals surface area contributed by atoms with Crippen molar-refractivity contribution in [1.82, 2.24) is 5.32 Å². The minimum atomic E-state index is -0.241. The average Bonchev–Trinajstić information content (AvgIpc) is 2.72. The normalized spacial score (nSPS) is 12.7. The zero-order valence-electron chi connectivity index (χ0n) is 10.6. The molecule has 1 aromatic carbocycles. The fourth-order valence-electron chi connectivity index (χ4n) is 1.91. The van der Waals surface area contributed by atoms with Crippen LogP contribution < -0.4 is 5.32 Å². The van der Waals surface area contributed by atoms with Crippen LogP contribution in [-0.4, -0.2) is 7.05 Å². The molecule has 0 fully saturated rings. The molecule has 0 aliphatic rings. The van der Waals surface area contributed by atoms with Gasteiger partial charge in [-0.25, -0.2) is 4.39 Å². The number of benzene rings is 1. The predicted molar refractivity (Wildman–Crippen MR) is 83.7 cm³/mol. The fraction of sp³-hybridized carbons (Fsp3) is 0.286. The van der Waals surface area contributed by atoms with E-state index in [1.54, 1.807) is 17.4 Å². The highest BCUT2D eigenvalue weighted by atomic mass is 79.9. The van der Waals surface area contributed by atoms with Gasteiger partial charge in [-0.3, -0.25) is 0 Å². The first kappa shape index (κ1) is 15.0. The van der Waals surface area contributed by atoms with Gasteiger partial charge in [-0.2, -0.15) is 0 Å². The Hall–Kier alpha value is -0.420. The van der Waals surface area contributed by atoms with Gasteiger partial charge in [0.2, 0.25) is 0 Å². The lowest BCUT2D eigenvalue weighted by atomic mass is 10.0. The summed E-state index contributed by atoms with van der Waals surface area (Å²) < 4.78 is 13.7. The van der Waals surface area contributed by atoms with E-state index in [0.717, 1.165) is 27.4 Å². The minimum absolute atomic E-state index is 0.142. The summed E-state index contributed by atoms with van der Waals surface area (Å²) in [5.74, 6) is -0.241. The molecule has 1 unspecified atom stereocenters. The number of hydrogen-bond acceptors (Lipinski definition) is 2. The first-order valence-electron chi connectivity index (χ1n) is 5.87. The molecule has 2 rings (SSSR count). The van der Waals surface area contributed by atoms with E-state index in [0.29, 0.717) is 4.47 Å². The van der Waals surface area contributed by atoms with Gasteiger partial charge in [0.25, 0.3) is 0 Å². The van der Waals surface area contributed by atoms with E-state index < -0.39 is 0 Å². The molecule has 1 heterocycles. The first-order valence-corrected chi connectivity index (χ1v) is 7.92. The Bertz CT molecular complexity index is 585. The van der Waals surface area contributed by atoms with Crippen molar-refractivity contribution in [1.29, 1.82) is 0 Å². The third-order valence-corrected chi connectivity index (χ3v) is 5.45. The zero-order valence-corrected chi connectivity index (χ0v) is 13.8. The van der Waals surface area contributed by atoms with E-state index in [-0.39, 0.29) is 11.9 Å². The van der Waals surface area contributed by atoms with Gasteiger partial charge in [0, 0.05) is 10.9 Å². The summed E-state index contributed by atoms with van der Waals surface area (Å²) in [7, 11) is 1.91. The molecule has 5 heteroatoms. The quantitative estimate of drug-likeness (QED) is 0.796. The Morgan fingerprint density at radius 2 is 2.21 bits per heavy atom. The molecule has 0 aliphatic carbocycles. The summed E-state index contributed by atoms with van der Waals surface area (Å²) in [4.78, 5) is 1.13. The van der Waals surface area contributed by atoms with Gasteiger partial charge < -0.3 is 5.32 Å². The molecule has 0 saturated heterocycles. The molecular formula is C14H14BrClFNS. The van der Waals surface area contributed by atoms with Gasteiger partial charge in [0.05, 0.1) is 9.50 Å². The number of thiophene rings is 1. The molecule has 0 radical (unpaired) electrons. The van der Waals surface area contributed by atoms with Crippen LogP contribution in [0.2, 0.25) is 5.02 Å². The number of hydrogen-bond donors (Lipinski definition) is 1. The molecule has 0 spiro atoms. The van der Waals surface area contributed by atoms with Gasteiger partial charge in [0.15, 0.2) is 0 Å². The topological polar surface area (TPSA) is 12.0 Å². The molecule has 0 amide bonds. The van der Waals surface area contributed by atoms with Crippen LogP contribution in [0.1, 0.15) is 22.0 Å². The molecule has 1 nitrogen and oxygen atoms in total. The Morgan fingerprint density at radius 3 is 2.74 bits per heavy atom. The van der Waals surface area contributed by atoms with Crippen molar-refractivity contribution in [3.63, 3.8) is 0 Å². The monoisotopic (exact) mass is 361 g/mol. The number of nitrogens with one attached hydrogen (secondary N) is 1. The molecule has 1 atom stereocenters. The summed E-state index contributed by atoms with van der Waals surface area (Å²) in [6.07, 6.45) is 0.773. The molecule has 2 aromatic rings. The van der Waals surface area contributed by atoms with Crippen molar-refractivity contribution in [2.75, 3.05) is 7.05 Å². The van der Waals surface area contributed by atoms with Crippen LogP contribution in [-0.2, 0) is 6.42 Å². The molecule has 0 saturated carbocycles. The number of halogens is 3. The van der Waals surface area contributed by atoms with Crippen LogP contribution in [0.15, 0.2) is 28.1 Å². The maximum atomic E-state index is 13.2. The minimum Gasteiger partial charge on any atom is -0.312 e. The number of likely N-dealkylation sites (N-methyl/N-ethyl adjacent to an activating group) is 1. The molecule has 0 bridgehead atoms. The Kier molecular flexibility index (Phi) is 5.01. The number of rotatable bonds is 4. The van der Waals surface area contributed by atoms with Gasteiger partial charge in [-0.1, -0.05) is 17.7 Å². The Morgan fingerprint density at radius 1 is 1.47 bits per heavy atom. The second-order valence-electron chi connectivity index (χ2n) is 4.39. The Balaban J connectivity index is 2.24. The van der Waals surface area contributed by atoms with Gasteiger partial charge in [-0.15, -0.1) is 11.3 Å². The summed E-state index contributed by atoms with van der Waals surface area (Å²) in [6.45, 7) is 2.00. The van der Waals surface area contributed by atoms with E-state index in [1.165, 1.54) is 6.07 Å². The zero-order chi connectivity index (χ0) is 14.0. The lowest BCUT2D eigenvalue weighted by Crippen LogP contribution is -2.18. The molecule has 0 aliphatic heterocycles. The van der Waals surface area contributed by atoms with E-state index >= 15 is 0 Å². The summed E-state index contributed by atoms with van der Waals surface area (Å²) in [5.41, 5.74) is 2.16. The van der Waals surface area contributed by atoms with Crippen LogP contribution in [0.25, 0.3) is 0 Å². The summed E-state index contributed by atoms with van der Waals surface area (Å²) in [5, 5.41) is 6.15. The molecule has 102 valence electrons. The van der Waals surface area contributed by atoms with Crippen LogP contribution >= 0.6 is 38.9 Å². The predicted octanol–water partition coefficient (Wildman–Crippen LogP) is 5.11. The van der Waals surface area contributed by atoms with E-state index in [1.807, 2.05) is 20.0 Å². The second-order valence-corrected chi connectivity index (χ2v) is 6.53. The molecular weight excluding hydrogens is 349 g/mol. The van der Waals surface area contributed by atoms with Gasteiger partial charge in [0.1, 0.15) is 5.82 Å². The van der Waals surface area contributed by atoms with Crippen LogP contribution in [0.3, 0.4) is 0 Å². The standard InChI is InChI=1S/C14H14BrClFNS/c1-8-7-19-14(13(8)16)12(18-2)6-9-3-4-11(17)10(15)5-9/h3-5,7,12,18H,6H2,1-2H3. The van der Waals surface area contributed by atoms with Crippen molar-refractivity contribution < 1.29 is 4.39 Å². The third kappa shape index (κ3) is 3.37. The molecule has 1 N–H and O–H groups in total. The SMILES string of the molecule is CNC(Cc1ccc(F)c(Br)c1)c1scc(C)c1Cl. The van der Waals surface area contributed by atoms with Crippen LogP contribution in [0, 0.1) is 12.7 Å². The maximum absolute atomic E-state index is 13.2. The summed E-state index contributed by atoms with van der Waals surface area (Å²) in [6, 6.07) is 5.24. The summed E-state index contributed by atoms with van der Waals surface area (Å²) >= 11 is 11.2. The van der Waals surface area contributed by atoms with Crippen molar-refractivity contribution in [2.24, 2.45) is 0 Å². The second kappa shape index (κ2) is 6.35. The van der Waals surface area contributed by atoms with E-state index in [9.17, 15) is 4.39 Å². The molecule has 19 heavy (non-hydrogen) atoms.